The summed E-state index contributed by atoms with van der Waals surface area (Å²) in [6.07, 6.45) is 7.18. The van der Waals surface area contributed by atoms with Crippen LogP contribution in [-0.4, -0.2) is 96.8 Å². The summed E-state index contributed by atoms with van der Waals surface area (Å²) in [5.41, 5.74) is 1.58. The van der Waals surface area contributed by atoms with E-state index in [0.29, 0.717) is 74.0 Å². The highest BCUT2D eigenvalue weighted by atomic mass is 19.1. The van der Waals surface area contributed by atoms with Gasteiger partial charge in [-0.2, -0.15) is 10.5 Å². The molecule has 4 atom stereocenters. The Kier molecular flexibility index (Phi) is 12.4. The van der Waals surface area contributed by atoms with Gasteiger partial charge in [-0.15, -0.1) is 0 Å². The quantitative estimate of drug-likeness (QED) is 0.211. The second kappa shape index (κ2) is 17.6. The van der Waals surface area contributed by atoms with E-state index in [2.05, 4.69) is 42.5 Å². The third kappa shape index (κ3) is 9.14. The molecular formula is C44H50F2N8O4. The minimum atomic E-state index is -1.29. The summed E-state index contributed by atoms with van der Waals surface area (Å²) in [7, 11) is 0. The van der Waals surface area contributed by atoms with Gasteiger partial charge in [-0.3, -0.25) is 19.6 Å². The normalized spacial score (nSPS) is 23.7. The van der Waals surface area contributed by atoms with Gasteiger partial charge < -0.3 is 29.9 Å². The summed E-state index contributed by atoms with van der Waals surface area (Å²) in [6, 6.07) is 19.2. The van der Waals surface area contributed by atoms with Crippen LogP contribution < -0.4 is 20.4 Å². The Hall–Kier alpha value is -5.44. The molecule has 12 nitrogen and oxygen atoms in total. The van der Waals surface area contributed by atoms with Gasteiger partial charge in [-0.1, -0.05) is 25.7 Å². The fraction of sp³-hybridized carbons (Fsp3) is 0.500. The number of amides is 2. The molecule has 2 N–H and O–H groups in total. The van der Waals surface area contributed by atoms with Crippen LogP contribution in [0.15, 0.2) is 60.9 Å². The number of rotatable bonds is 8. The molecular weight excluding hydrogens is 743 g/mol. The number of aromatic nitrogens is 2. The lowest BCUT2D eigenvalue weighted by Crippen LogP contribution is -2.54. The summed E-state index contributed by atoms with van der Waals surface area (Å²) in [5.74, 6) is -0.553. The van der Waals surface area contributed by atoms with Crippen LogP contribution >= 0.6 is 0 Å². The summed E-state index contributed by atoms with van der Waals surface area (Å²) in [6.45, 7) is 5.90. The molecule has 4 heterocycles. The van der Waals surface area contributed by atoms with E-state index in [0.717, 1.165) is 47.8 Å². The first-order valence-corrected chi connectivity index (χ1v) is 20.3. The number of fused-ring (bicyclic) bond motifs is 2. The number of benzene rings is 2. The first-order valence-electron chi connectivity index (χ1n) is 20.3. The van der Waals surface area contributed by atoms with Crippen molar-refractivity contribution in [3.05, 3.63) is 72.1 Å². The number of carbonyl (C=O) groups is 2. The smallest absolute Gasteiger partial charge is 0.251 e. The molecule has 4 fully saturated rings. The number of morpholine rings is 2. The van der Waals surface area contributed by atoms with Crippen molar-refractivity contribution < 1.29 is 27.8 Å². The Balaban J connectivity index is 0.000000177. The maximum absolute atomic E-state index is 14.6. The maximum Gasteiger partial charge on any atom is 0.251 e. The molecule has 2 saturated heterocycles. The molecule has 2 aliphatic carbocycles. The highest BCUT2D eigenvalue weighted by Crippen LogP contribution is 2.35. The minimum absolute atomic E-state index is 0.0454. The number of ether oxygens (including phenoxy) is 2. The zero-order valence-corrected chi connectivity index (χ0v) is 33.1. The van der Waals surface area contributed by atoms with Gasteiger partial charge in [0, 0.05) is 47.6 Å². The van der Waals surface area contributed by atoms with Gasteiger partial charge in [0.1, 0.15) is 23.5 Å². The first kappa shape index (κ1) is 40.7. The van der Waals surface area contributed by atoms with Crippen molar-refractivity contribution in [3.8, 4) is 12.1 Å². The van der Waals surface area contributed by atoms with Crippen LogP contribution in [0.5, 0.6) is 0 Å². The molecule has 14 heteroatoms. The van der Waals surface area contributed by atoms with Crippen molar-refractivity contribution in [3.63, 3.8) is 0 Å². The molecule has 2 amide bonds. The number of nitrogens with zero attached hydrogens (tertiary/aromatic N) is 6. The average molecular weight is 793 g/mol. The molecule has 304 valence electrons. The molecule has 4 aromatic rings. The van der Waals surface area contributed by atoms with Crippen molar-refractivity contribution in [1.82, 2.24) is 20.6 Å². The van der Waals surface area contributed by atoms with Crippen LogP contribution in [-0.2, 0) is 19.1 Å². The Morgan fingerprint density at radius 3 is 1.47 bits per heavy atom. The number of hydrogen-bond donors (Lipinski definition) is 2. The number of nitriles is 2. The predicted molar refractivity (Wildman–Crippen MR) is 217 cm³/mol. The number of pyridine rings is 2. The Bertz CT molecular complexity index is 2060. The van der Waals surface area contributed by atoms with E-state index in [1.807, 2.05) is 50.2 Å². The Morgan fingerprint density at radius 2 is 1.09 bits per heavy atom. The lowest BCUT2D eigenvalue weighted by molar-refractivity contribution is -0.138. The van der Waals surface area contributed by atoms with E-state index in [9.17, 15) is 28.9 Å². The Labute approximate surface area is 337 Å². The molecule has 4 unspecified atom stereocenters. The summed E-state index contributed by atoms with van der Waals surface area (Å²) in [4.78, 5) is 38.3. The number of carbonyl (C=O) groups excluding carboxylic acids is 2. The molecule has 0 radical (unpaired) electrons. The number of halogens is 2. The van der Waals surface area contributed by atoms with Crippen LogP contribution in [0.1, 0.15) is 76.3 Å². The van der Waals surface area contributed by atoms with Crippen molar-refractivity contribution in [1.29, 1.82) is 10.5 Å². The van der Waals surface area contributed by atoms with Crippen molar-refractivity contribution in [2.45, 2.75) is 101 Å². The third-order valence-corrected chi connectivity index (χ3v) is 11.7. The van der Waals surface area contributed by atoms with Gasteiger partial charge in [0.25, 0.3) is 11.8 Å². The average Bonchev–Trinajstić information content (AvgIpc) is 3.89. The highest BCUT2D eigenvalue weighted by molar-refractivity contribution is 5.96. The number of anilines is 2. The van der Waals surface area contributed by atoms with Gasteiger partial charge in [-0.05, 0) is 88.1 Å². The summed E-state index contributed by atoms with van der Waals surface area (Å²) in [5, 5.41) is 26.0. The standard InChI is InChI=1S/2C22H25FN4O2/c2*1-15-12-27(18-7-6-16(11-24)20-17(18)5-4-10-25-20)13-19(29-15)21(28)26-14-22(23)8-2-3-9-22/h2*4-7,10,15,19H,2-3,8-9,12-14H2,1H3,(H,26,28). The fourth-order valence-corrected chi connectivity index (χ4v) is 8.72. The van der Waals surface area contributed by atoms with Crippen LogP contribution in [0.2, 0.25) is 0 Å². The second-order valence-corrected chi connectivity index (χ2v) is 16.1. The maximum atomic E-state index is 14.6. The van der Waals surface area contributed by atoms with E-state index < -0.39 is 23.5 Å². The molecule has 8 rings (SSSR count). The zero-order valence-electron chi connectivity index (χ0n) is 33.1. The number of hydrogen-bond acceptors (Lipinski definition) is 10. The van der Waals surface area contributed by atoms with Gasteiger partial charge in [-0.25, -0.2) is 8.78 Å². The molecule has 2 aromatic carbocycles. The lowest BCUT2D eigenvalue weighted by Gasteiger charge is -2.38. The highest BCUT2D eigenvalue weighted by Gasteiger charge is 2.38. The van der Waals surface area contributed by atoms with Crippen LogP contribution in [0.4, 0.5) is 20.2 Å². The zero-order chi connectivity index (χ0) is 40.9. The Morgan fingerprint density at radius 1 is 0.690 bits per heavy atom. The molecule has 2 aromatic heterocycles. The van der Waals surface area contributed by atoms with E-state index >= 15 is 0 Å². The van der Waals surface area contributed by atoms with Crippen LogP contribution in [0.3, 0.4) is 0 Å². The van der Waals surface area contributed by atoms with Crippen molar-refractivity contribution in [2.24, 2.45) is 0 Å². The van der Waals surface area contributed by atoms with Gasteiger partial charge >= 0.3 is 0 Å². The molecule has 0 spiro atoms. The minimum Gasteiger partial charge on any atom is -0.365 e. The van der Waals surface area contributed by atoms with Crippen molar-refractivity contribution in [2.75, 3.05) is 49.1 Å². The SMILES string of the molecule is CC1CN(c2ccc(C#N)c3ncccc23)CC(C(=O)NCC2(F)CCCC2)O1.CC1CN(c2ccc(C#N)c3ncccc23)CC(C(=O)NCC2(F)CCCC2)O1. The molecule has 4 aliphatic rings. The second-order valence-electron chi connectivity index (χ2n) is 16.1. The first-order chi connectivity index (χ1) is 28.0. The van der Waals surface area contributed by atoms with Crippen molar-refractivity contribution >= 4 is 45.0 Å². The number of alkyl halides is 2. The predicted octanol–water partition coefficient (Wildman–Crippen LogP) is 6.20. The monoisotopic (exact) mass is 792 g/mol. The summed E-state index contributed by atoms with van der Waals surface area (Å²) < 4.78 is 40.9. The van der Waals surface area contributed by atoms with E-state index in [1.165, 1.54) is 0 Å². The van der Waals surface area contributed by atoms with Gasteiger partial charge in [0.15, 0.2) is 12.2 Å². The van der Waals surface area contributed by atoms with E-state index in [-0.39, 0.29) is 37.1 Å². The van der Waals surface area contributed by atoms with Gasteiger partial charge in [0.2, 0.25) is 0 Å². The van der Waals surface area contributed by atoms with E-state index in [1.54, 1.807) is 24.5 Å². The fourth-order valence-electron chi connectivity index (χ4n) is 8.72. The largest absolute Gasteiger partial charge is 0.365 e. The molecule has 2 aliphatic heterocycles. The third-order valence-electron chi connectivity index (χ3n) is 11.7. The molecule has 0 bridgehead atoms. The van der Waals surface area contributed by atoms with E-state index in [4.69, 9.17) is 9.47 Å². The van der Waals surface area contributed by atoms with Crippen LogP contribution in [0.25, 0.3) is 21.8 Å². The molecule has 58 heavy (non-hydrogen) atoms. The lowest BCUT2D eigenvalue weighted by atomic mass is 10.0. The van der Waals surface area contributed by atoms with Gasteiger partial charge in [0.05, 0.1) is 60.5 Å². The molecule has 2 saturated carbocycles. The van der Waals surface area contributed by atoms with Crippen LogP contribution in [0, 0.1) is 22.7 Å². The topological polar surface area (TPSA) is 156 Å². The number of nitrogens with one attached hydrogen (secondary N) is 2. The summed E-state index contributed by atoms with van der Waals surface area (Å²) >= 11 is 0.